The molecule has 0 spiro atoms. The van der Waals surface area contributed by atoms with Gasteiger partial charge in [-0.15, -0.1) is 0 Å². The number of anilines is 1. The zero-order valence-electron chi connectivity index (χ0n) is 14.1. The molecule has 0 unspecified atom stereocenters. The zero-order chi connectivity index (χ0) is 17.4. The van der Waals surface area contributed by atoms with Gasteiger partial charge in [0.25, 0.3) is 0 Å². The van der Waals surface area contributed by atoms with Crippen molar-refractivity contribution in [1.82, 2.24) is 10.2 Å². The number of amides is 2. The number of carbonyl (C=O) groups excluding carboxylic acids is 1. The van der Waals surface area contributed by atoms with Gasteiger partial charge in [-0.05, 0) is 37.9 Å². The smallest absolute Gasteiger partial charge is 0.319 e. The molecular formula is C17H26FN3O3. The van der Waals surface area contributed by atoms with E-state index >= 15 is 0 Å². The van der Waals surface area contributed by atoms with Crippen molar-refractivity contribution in [3.8, 4) is 5.75 Å². The van der Waals surface area contributed by atoms with Gasteiger partial charge in [0.05, 0.1) is 13.7 Å². The standard InChI is InChI=1S/C17H26FN3O3/c1-24-16-11-13(6-7-15(16)18)20-17(23)19-8-4-10-21-9-3-2-5-14(21)12-22/h6-7,11,14,22H,2-5,8-10,12H2,1H3,(H2,19,20,23)/t14-/m0/s1. The van der Waals surface area contributed by atoms with Crippen molar-refractivity contribution in [2.45, 2.75) is 31.7 Å². The summed E-state index contributed by atoms with van der Waals surface area (Å²) >= 11 is 0. The molecule has 0 saturated carbocycles. The fourth-order valence-electron chi connectivity index (χ4n) is 2.96. The van der Waals surface area contributed by atoms with Crippen molar-refractivity contribution in [1.29, 1.82) is 0 Å². The molecular weight excluding hydrogens is 313 g/mol. The molecule has 1 fully saturated rings. The number of hydrogen-bond acceptors (Lipinski definition) is 4. The van der Waals surface area contributed by atoms with E-state index in [0.29, 0.717) is 12.2 Å². The van der Waals surface area contributed by atoms with Crippen LogP contribution in [0, 0.1) is 5.82 Å². The molecule has 1 saturated heterocycles. The first kappa shape index (κ1) is 18.5. The van der Waals surface area contributed by atoms with E-state index in [1.807, 2.05) is 0 Å². The Hall–Kier alpha value is -1.86. The van der Waals surface area contributed by atoms with E-state index in [1.54, 1.807) is 0 Å². The highest BCUT2D eigenvalue weighted by atomic mass is 19.1. The second kappa shape index (κ2) is 9.44. The van der Waals surface area contributed by atoms with Crippen LogP contribution in [-0.2, 0) is 0 Å². The third-order valence-corrected chi connectivity index (χ3v) is 4.28. The number of aliphatic hydroxyl groups is 1. The van der Waals surface area contributed by atoms with Crippen molar-refractivity contribution >= 4 is 11.7 Å². The van der Waals surface area contributed by atoms with Gasteiger partial charge in [-0.3, -0.25) is 4.90 Å². The average molecular weight is 339 g/mol. The summed E-state index contributed by atoms with van der Waals surface area (Å²) in [4.78, 5) is 14.1. The van der Waals surface area contributed by atoms with Crippen molar-refractivity contribution in [2.24, 2.45) is 0 Å². The van der Waals surface area contributed by atoms with Gasteiger partial charge < -0.3 is 20.5 Å². The predicted molar refractivity (Wildman–Crippen MR) is 90.9 cm³/mol. The van der Waals surface area contributed by atoms with Crippen LogP contribution in [0.3, 0.4) is 0 Å². The van der Waals surface area contributed by atoms with Gasteiger partial charge >= 0.3 is 6.03 Å². The number of likely N-dealkylation sites (tertiary alicyclic amines) is 1. The number of carbonyl (C=O) groups is 1. The minimum absolute atomic E-state index is 0.0907. The highest BCUT2D eigenvalue weighted by molar-refractivity contribution is 5.89. The molecule has 0 aromatic heterocycles. The number of halogens is 1. The molecule has 2 rings (SSSR count). The van der Waals surface area contributed by atoms with Gasteiger partial charge in [-0.2, -0.15) is 0 Å². The maximum atomic E-state index is 13.3. The van der Waals surface area contributed by atoms with E-state index in [9.17, 15) is 14.3 Å². The number of methoxy groups -OCH3 is 1. The van der Waals surface area contributed by atoms with Gasteiger partial charge in [-0.1, -0.05) is 6.42 Å². The minimum atomic E-state index is -0.469. The third-order valence-electron chi connectivity index (χ3n) is 4.28. The number of hydrogen-bond donors (Lipinski definition) is 3. The number of nitrogens with zero attached hydrogens (tertiary/aromatic N) is 1. The molecule has 6 nitrogen and oxygen atoms in total. The summed E-state index contributed by atoms with van der Waals surface area (Å²) in [6, 6.07) is 4.09. The van der Waals surface area contributed by atoms with E-state index in [4.69, 9.17) is 4.74 Å². The summed E-state index contributed by atoms with van der Waals surface area (Å²) in [5.41, 5.74) is 0.474. The Balaban J connectivity index is 1.69. The monoisotopic (exact) mass is 339 g/mol. The Bertz CT molecular complexity index is 542. The second-order valence-electron chi connectivity index (χ2n) is 5.95. The Kier molecular flexibility index (Phi) is 7.27. The Morgan fingerprint density at radius 2 is 2.29 bits per heavy atom. The van der Waals surface area contributed by atoms with Crippen molar-refractivity contribution in [3.05, 3.63) is 24.0 Å². The summed E-state index contributed by atoms with van der Waals surface area (Å²) in [6.45, 7) is 2.60. The van der Waals surface area contributed by atoms with Gasteiger partial charge in [-0.25, -0.2) is 9.18 Å². The van der Waals surface area contributed by atoms with E-state index in [0.717, 1.165) is 32.4 Å². The molecule has 2 amide bonds. The van der Waals surface area contributed by atoms with Crippen molar-refractivity contribution in [2.75, 3.05) is 38.7 Å². The lowest BCUT2D eigenvalue weighted by Gasteiger charge is -2.34. The molecule has 1 aliphatic rings. The predicted octanol–water partition coefficient (Wildman–Crippen LogP) is 2.19. The Morgan fingerprint density at radius 3 is 3.04 bits per heavy atom. The highest BCUT2D eigenvalue weighted by Gasteiger charge is 2.20. The normalized spacial score (nSPS) is 18.2. The fourth-order valence-corrected chi connectivity index (χ4v) is 2.96. The number of nitrogens with one attached hydrogen (secondary N) is 2. The van der Waals surface area contributed by atoms with E-state index in [-0.39, 0.29) is 24.4 Å². The van der Waals surface area contributed by atoms with Crippen LogP contribution in [0.25, 0.3) is 0 Å². The van der Waals surface area contributed by atoms with Gasteiger partial charge in [0.2, 0.25) is 0 Å². The molecule has 0 radical (unpaired) electrons. The molecule has 7 heteroatoms. The number of rotatable bonds is 7. The number of aliphatic hydroxyl groups excluding tert-OH is 1. The van der Waals surface area contributed by atoms with Crippen LogP contribution in [0.5, 0.6) is 5.75 Å². The number of piperidine rings is 1. The molecule has 1 aliphatic heterocycles. The summed E-state index contributed by atoms with van der Waals surface area (Å²) in [5.74, 6) is -0.378. The topological polar surface area (TPSA) is 73.8 Å². The lowest BCUT2D eigenvalue weighted by Crippen LogP contribution is -2.43. The maximum Gasteiger partial charge on any atom is 0.319 e. The molecule has 3 N–H and O–H groups in total. The lowest BCUT2D eigenvalue weighted by molar-refractivity contribution is 0.0894. The third kappa shape index (κ3) is 5.35. The molecule has 24 heavy (non-hydrogen) atoms. The summed E-state index contributed by atoms with van der Waals surface area (Å²) in [6.07, 6.45) is 4.19. The van der Waals surface area contributed by atoms with Crippen LogP contribution >= 0.6 is 0 Å². The Labute approximate surface area is 142 Å². The van der Waals surface area contributed by atoms with Crippen LogP contribution in [0.2, 0.25) is 0 Å². The molecule has 0 aliphatic carbocycles. The second-order valence-corrected chi connectivity index (χ2v) is 5.95. The largest absolute Gasteiger partial charge is 0.494 e. The fraction of sp³-hybridized carbons (Fsp3) is 0.588. The molecule has 0 bridgehead atoms. The van der Waals surface area contributed by atoms with E-state index < -0.39 is 5.82 Å². The summed E-state index contributed by atoms with van der Waals surface area (Å²) in [7, 11) is 1.38. The molecule has 1 atom stereocenters. The summed E-state index contributed by atoms with van der Waals surface area (Å²) in [5, 5.41) is 14.8. The molecule has 1 heterocycles. The Morgan fingerprint density at radius 1 is 1.46 bits per heavy atom. The quantitative estimate of drug-likeness (QED) is 0.666. The van der Waals surface area contributed by atoms with E-state index in [1.165, 1.54) is 31.7 Å². The first-order valence-electron chi connectivity index (χ1n) is 8.37. The summed E-state index contributed by atoms with van der Waals surface area (Å²) < 4.78 is 18.2. The average Bonchev–Trinajstić information content (AvgIpc) is 2.60. The van der Waals surface area contributed by atoms with Crippen molar-refractivity contribution < 1.29 is 19.0 Å². The van der Waals surface area contributed by atoms with Crippen LogP contribution in [0.4, 0.5) is 14.9 Å². The zero-order valence-corrected chi connectivity index (χ0v) is 14.1. The van der Waals surface area contributed by atoms with Gasteiger partial charge in [0.15, 0.2) is 11.6 Å². The first-order valence-corrected chi connectivity index (χ1v) is 8.37. The van der Waals surface area contributed by atoms with Crippen LogP contribution < -0.4 is 15.4 Å². The van der Waals surface area contributed by atoms with Crippen LogP contribution in [0.15, 0.2) is 18.2 Å². The first-order chi connectivity index (χ1) is 11.6. The highest BCUT2D eigenvalue weighted by Crippen LogP contribution is 2.21. The maximum absolute atomic E-state index is 13.3. The SMILES string of the molecule is COc1cc(NC(=O)NCCCN2CCCC[C@H]2CO)ccc1F. The lowest BCUT2D eigenvalue weighted by atomic mass is 10.0. The minimum Gasteiger partial charge on any atom is -0.494 e. The molecule has 1 aromatic rings. The number of urea groups is 1. The molecule has 134 valence electrons. The van der Waals surface area contributed by atoms with Crippen LogP contribution in [0.1, 0.15) is 25.7 Å². The van der Waals surface area contributed by atoms with Crippen LogP contribution in [-0.4, -0.2) is 55.4 Å². The van der Waals surface area contributed by atoms with Crippen molar-refractivity contribution in [3.63, 3.8) is 0 Å². The van der Waals surface area contributed by atoms with E-state index in [2.05, 4.69) is 15.5 Å². The molecule has 1 aromatic carbocycles. The van der Waals surface area contributed by atoms with Gasteiger partial charge in [0.1, 0.15) is 0 Å². The number of ether oxygens (including phenoxy) is 1. The van der Waals surface area contributed by atoms with Gasteiger partial charge in [0, 0.05) is 30.9 Å². The number of benzene rings is 1.